The summed E-state index contributed by atoms with van der Waals surface area (Å²) in [5.41, 5.74) is -1.82. The smallest absolute Gasteiger partial charge is 0.362 e. The zero-order valence-electron chi connectivity index (χ0n) is 16.6. The first kappa shape index (κ1) is 24.4. The highest BCUT2D eigenvalue weighted by Gasteiger charge is 2.34. The van der Waals surface area contributed by atoms with Crippen LogP contribution in [0.3, 0.4) is 0 Å². The maximum absolute atomic E-state index is 12.9. The number of nitro groups is 1. The van der Waals surface area contributed by atoms with E-state index in [2.05, 4.69) is 0 Å². The molecule has 0 atom stereocenters. The molecule has 2 aromatic carbocycles. The summed E-state index contributed by atoms with van der Waals surface area (Å²) in [7, 11) is -4.80. The highest BCUT2D eigenvalue weighted by atomic mass is 32.2. The molecule has 0 saturated carbocycles. The van der Waals surface area contributed by atoms with Crippen molar-refractivity contribution in [1.82, 2.24) is 4.90 Å². The Bertz CT molecular complexity index is 1160. The summed E-state index contributed by atoms with van der Waals surface area (Å²) in [5, 5.41) is 11.3. The largest absolute Gasteiger partial charge is 0.416 e. The van der Waals surface area contributed by atoms with E-state index < -0.39 is 48.7 Å². The van der Waals surface area contributed by atoms with E-state index in [9.17, 15) is 45.3 Å². The van der Waals surface area contributed by atoms with Gasteiger partial charge in [0.25, 0.3) is 11.6 Å². The quantitative estimate of drug-likeness (QED) is 0.359. The number of carbonyl (C=O) groups excluding carboxylic acids is 1. The van der Waals surface area contributed by atoms with Crippen molar-refractivity contribution >= 4 is 27.1 Å². The second-order valence-electron chi connectivity index (χ2n) is 7.07. The average molecular weight is 493 g/mol. The standard InChI is InChI=1S/C19H16F5N3O5S/c20-18(21)33(31,32)14-4-1-12(2-5-14)17(28)26-9-7-25(8-10-26)15-6-3-13(19(22,23)24)11-16(15)27(29)30/h1-6,11,18H,7-10H2. The fourth-order valence-electron chi connectivity index (χ4n) is 3.34. The van der Waals surface area contributed by atoms with Crippen LogP contribution in [0.25, 0.3) is 0 Å². The van der Waals surface area contributed by atoms with Gasteiger partial charge in [0.1, 0.15) is 5.69 Å². The van der Waals surface area contributed by atoms with Crippen LogP contribution in [0.15, 0.2) is 47.4 Å². The molecule has 14 heteroatoms. The van der Waals surface area contributed by atoms with E-state index in [1.165, 1.54) is 9.80 Å². The number of piperazine rings is 1. The lowest BCUT2D eigenvalue weighted by atomic mass is 10.1. The Morgan fingerprint density at radius 3 is 2.06 bits per heavy atom. The molecule has 1 aliphatic heterocycles. The number of amides is 1. The number of hydrogen-bond donors (Lipinski definition) is 0. The van der Waals surface area contributed by atoms with Crippen molar-refractivity contribution in [2.75, 3.05) is 31.1 Å². The Hall–Kier alpha value is -3.29. The summed E-state index contributed by atoms with van der Waals surface area (Å²) in [4.78, 5) is 25.3. The van der Waals surface area contributed by atoms with Gasteiger partial charge in [0.2, 0.25) is 9.84 Å². The minimum absolute atomic E-state index is 0.0124. The third-order valence-electron chi connectivity index (χ3n) is 5.07. The molecule has 1 fully saturated rings. The van der Waals surface area contributed by atoms with Gasteiger partial charge < -0.3 is 9.80 Å². The molecule has 1 aliphatic rings. The monoisotopic (exact) mass is 493 g/mol. The van der Waals surface area contributed by atoms with Gasteiger partial charge in [0.15, 0.2) is 0 Å². The predicted molar refractivity (Wildman–Crippen MR) is 106 cm³/mol. The minimum atomic E-state index is -4.80. The third kappa shape index (κ3) is 5.05. The number of halogens is 5. The number of hydrogen-bond acceptors (Lipinski definition) is 6. The Morgan fingerprint density at radius 2 is 1.58 bits per heavy atom. The van der Waals surface area contributed by atoms with Crippen LogP contribution in [0, 0.1) is 10.1 Å². The fraction of sp³-hybridized carbons (Fsp3) is 0.316. The first-order valence-electron chi connectivity index (χ1n) is 9.34. The molecule has 0 aliphatic carbocycles. The van der Waals surface area contributed by atoms with Crippen LogP contribution in [0.2, 0.25) is 0 Å². The molecule has 0 aromatic heterocycles. The van der Waals surface area contributed by atoms with Crippen molar-refractivity contribution in [2.45, 2.75) is 16.8 Å². The van der Waals surface area contributed by atoms with Crippen LogP contribution in [0.4, 0.5) is 33.3 Å². The number of carbonyl (C=O) groups is 1. The van der Waals surface area contributed by atoms with E-state index in [1.807, 2.05) is 0 Å². The van der Waals surface area contributed by atoms with Gasteiger partial charge in [-0.15, -0.1) is 0 Å². The normalized spacial score (nSPS) is 15.1. The summed E-state index contributed by atoms with van der Waals surface area (Å²) in [6.45, 7) is 0.341. The molecular formula is C19H16F5N3O5S. The van der Waals surface area contributed by atoms with Gasteiger partial charge in [-0.3, -0.25) is 14.9 Å². The van der Waals surface area contributed by atoms with Gasteiger partial charge in [0.05, 0.1) is 15.4 Å². The van der Waals surface area contributed by atoms with Crippen LogP contribution in [-0.4, -0.2) is 56.1 Å². The molecule has 0 radical (unpaired) electrons. The number of sulfone groups is 1. The number of anilines is 1. The highest BCUT2D eigenvalue weighted by Crippen LogP contribution is 2.36. The van der Waals surface area contributed by atoms with Crippen molar-refractivity contribution in [2.24, 2.45) is 0 Å². The summed E-state index contributed by atoms with van der Waals surface area (Å²) in [5.74, 6) is -4.11. The van der Waals surface area contributed by atoms with E-state index in [1.54, 1.807) is 0 Å². The fourth-order valence-corrected chi connectivity index (χ4v) is 4.06. The SMILES string of the molecule is O=C(c1ccc(S(=O)(=O)C(F)F)cc1)N1CCN(c2ccc(C(F)(F)F)cc2[N+](=O)[O-])CC1. The summed E-state index contributed by atoms with van der Waals surface area (Å²) in [6.07, 6.45) is -4.74. The second kappa shape index (κ2) is 8.92. The van der Waals surface area contributed by atoms with Crippen LogP contribution >= 0.6 is 0 Å². The summed E-state index contributed by atoms with van der Waals surface area (Å²) < 4.78 is 86.8. The van der Waals surface area contributed by atoms with E-state index in [-0.39, 0.29) is 37.4 Å². The third-order valence-corrected chi connectivity index (χ3v) is 6.47. The van der Waals surface area contributed by atoms with Crippen molar-refractivity contribution in [3.8, 4) is 0 Å². The number of benzene rings is 2. The van der Waals surface area contributed by atoms with Gasteiger partial charge in [0, 0.05) is 37.8 Å². The van der Waals surface area contributed by atoms with Crippen molar-refractivity contribution < 1.29 is 40.1 Å². The molecule has 0 bridgehead atoms. The van der Waals surface area contributed by atoms with Gasteiger partial charge in [-0.05, 0) is 36.4 Å². The lowest BCUT2D eigenvalue weighted by Gasteiger charge is -2.36. The van der Waals surface area contributed by atoms with Crippen molar-refractivity contribution in [3.05, 3.63) is 63.7 Å². The topological polar surface area (TPSA) is 101 Å². The first-order valence-corrected chi connectivity index (χ1v) is 10.9. The Morgan fingerprint density at radius 1 is 1.00 bits per heavy atom. The zero-order valence-corrected chi connectivity index (χ0v) is 17.4. The maximum atomic E-state index is 12.9. The van der Waals surface area contributed by atoms with Crippen molar-refractivity contribution in [1.29, 1.82) is 0 Å². The lowest BCUT2D eigenvalue weighted by Crippen LogP contribution is -2.49. The van der Waals surface area contributed by atoms with Gasteiger partial charge >= 0.3 is 11.9 Å². The molecule has 8 nitrogen and oxygen atoms in total. The molecule has 1 saturated heterocycles. The number of alkyl halides is 5. The second-order valence-corrected chi connectivity index (χ2v) is 8.99. The number of nitro benzene ring substituents is 1. The molecule has 0 unspecified atom stereocenters. The molecule has 0 spiro atoms. The minimum Gasteiger partial charge on any atom is -0.362 e. The van der Waals surface area contributed by atoms with Gasteiger partial charge in [-0.1, -0.05) is 0 Å². The molecule has 1 heterocycles. The highest BCUT2D eigenvalue weighted by molar-refractivity contribution is 7.91. The Balaban J connectivity index is 1.72. The van der Waals surface area contributed by atoms with Crippen LogP contribution in [0.1, 0.15) is 15.9 Å². The van der Waals surface area contributed by atoms with E-state index >= 15 is 0 Å². The first-order chi connectivity index (χ1) is 15.3. The zero-order chi connectivity index (χ0) is 24.6. The predicted octanol–water partition coefficient (Wildman–Crippen LogP) is 3.57. The van der Waals surface area contributed by atoms with Crippen LogP contribution in [-0.2, 0) is 16.0 Å². The maximum Gasteiger partial charge on any atom is 0.416 e. The lowest BCUT2D eigenvalue weighted by molar-refractivity contribution is -0.384. The molecule has 178 valence electrons. The molecule has 33 heavy (non-hydrogen) atoms. The van der Waals surface area contributed by atoms with Crippen LogP contribution in [0.5, 0.6) is 0 Å². The Kier molecular flexibility index (Phi) is 6.58. The average Bonchev–Trinajstić information content (AvgIpc) is 2.77. The van der Waals surface area contributed by atoms with Gasteiger partial charge in [-0.2, -0.15) is 22.0 Å². The van der Waals surface area contributed by atoms with E-state index in [4.69, 9.17) is 0 Å². The molecule has 1 amide bonds. The molecule has 0 N–H and O–H groups in total. The molecule has 2 aromatic rings. The number of nitrogens with zero attached hydrogens (tertiary/aromatic N) is 3. The molecular weight excluding hydrogens is 477 g/mol. The Labute approximate surface area is 184 Å². The number of rotatable bonds is 5. The molecule has 3 rings (SSSR count). The van der Waals surface area contributed by atoms with Gasteiger partial charge in [-0.25, -0.2) is 8.42 Å². The summed E-state index contributed by atoms with van der Waals surface area (Å²) in [6, 6.07) is 6.22. The van der Waals surface area contributed by atoms with E-state index in [0.29, 0.717) is 6.07 Å². The van der Waals surface area contributed by atoms with Crippen LogP contribution < -0.4 is 4.90 Å². The van der Waals surface area contributed by atoms with Crippen molar-refractivity contribution in [3.63, 3.8) is 0 Å². The van der Waals surface area contributed by atoms with E-state index in [0.717, 1.165) is 36.4 Å². The summed E-state index contributed by atoms with van der Waals surface area (Å²) >= 11 is 0.